The SMILES string of the molecule is CCCc1ccc(N(C)C(=O)C2CCCCN2)cc1. The summed E-state index contributed by atoms with van der Waals surface area (Å²) in [5, 5.41) is 3.31. The number of carbonyl (C=O) groups is 1. The highest BCUT2D eigenvalue weighted by Gasteiger charge is 2.24. The van der Waals surface area contributed by atoms with Crippen LogP contribution in [0, 0.1) is 0 Å². The van der Waals surface area contributed by atoms with Crippen LogP contribution < -0.4 is 10.2 Å². The molecule has 104 valence electrons. The first-order chi connectivity index (χ1) is 9.22. The van der Waals surface area contributed by atoms with Crippen LogP contribution in [0.1, 0.15) is 38.2 Å². The minimum absolute atomic E-state index is 0.00549. The van der Waals surface area contributed by atoms with E-state index in [4.69, 9.17) is 0 Å². The van der Waals surface area contributed by atoms with Gasteiger partial charge in [-0.05, 0) is 43.5 Å². The number of hydrogen-bond acceptors (Lipinski definition) is 2. The lowest BCUT2D eigenvalue weighted by molar-refractivity contribution is -0.120. The molecular weight excluding hydrogens is 236 g/mol. The van der Waals surface area contributed by atoms with Gasteiger partial charge in [0.1, 0.15) is 0 Å². The molecule has 0 radical (unpaired) electrons. The maximum Gasteiger partial charge on any atom is 0.243 e. The fourth-order valence-corrected chi connectivity index (χ4v) is 2.60. The number of likely N-dealkylation sites (N-methyl/N-ethyl adjacent to an activating group) is 1. The minimum Gasteiger partial charge on any atom is -0.314 e. The van der Waals surface area contributed by atoms with E-state index in [1.165, 1.54) is 12.0 Å². The Morgan fingerprint density at radius 2 is 2.05 bits per heavy atom. The van der Waals surface area contributed by atoms with Crippen LogP contribution >= 0.6 is 0 Å². The molecule has 1 amide bonds. The number of nitrogens with one attached hydrogen (secondary N) is 1. The molecule has 0 aromatic heterocycles. The predicted molar refractivity (Wildman–Crippen MR) is 79.5 cm³/mol. The van der Waals surface area contributed by atoms with E-state index in [2.05, 4.69) is 24.4 Å². The number of aryl methyl sites for hydroxylation is 1. The van der Waals surface area contributed by atoms with Crippen molar-refractivity contribution < 1.29 is 4.79 Å². The lowest BCUT2D eigenvalue weighted by atomic mass is 10.0. The van der Waals surface area contributed by atoms with E-state index in [-0.39, 0.29) is 11.9 Å². The lowest BCUT2D eigenvalue weighted by Gasteiger charge is -2.27. The van der Waals surface area contributed by atoms with Gasteiger partial charge in [0, 0.05) is 12.7 Å². The first kappa shape index (κ1) is 14.1. The van der Waals surface area contributed by atoms with Crippen molar-refractivity contribution in [3.63, 3.8) is 0 Å². The van der Waals surface area contributed by atoms with Gasteiger partial charge in [0.25, 0.3) is 0 Å². The summed E-state index contributed by atoms with van der Waals surface area (Å²) in [6.45, 7) is 3.14. The highest BCUT2D eigenvalue weighted by Crippen LogP contribution is 2.18. The molecule has 0 aliphatic carbocycles. The van der Waals surface area contributed by atoms with Crippen molar-refractivity contribution in [2.75, 3.05) is 18.5 Å². The average molecular weight is 260 g/mol. The van der Waals surface area contributed by atoms with Crippen LogP contribution in [0.2, 0.25) is 0 Å². The molecule has 1 aromatic rings. The summed E-state index contributed by atoms with van der Waals surface area (Å²) in [5.41, 5.74) is 2.32. The van der Waals surface area contributed by atoms with E-state index in [0.717, 1.165) is 37.9 Å². The highest BCUT2D eigenvalue weighted by molar-refractivity contribution is 5.96. The number of nitrogens with zero attached hydrogens (tertiary/aromatic N) is 1. The Labute approximate surface area is 116 Å². The maximum atomic E-state index is 12.4. The summed E-state index contributed by atoms with van der Waals surface area (Å²) in [7, 11) is 1.87. The second kappa shape index (κ2) is 6.71. The number of benzene rings is 1. The largest absolute Gasteiger partial charge is 0.314 e. The monoisotopic (exact) mass is 260 g/mol. The van der Waals surface area contributed by atoms with Gasteiger partial charge in [0.15, 0.2) is 0 Å². The van der Waals surface area contributed by atoms with Gasteiger partial charge in [-0.1, -0.05) is 31.9 Å². The summed E-state index contributed by atoms with van der Waals surface area (Å²) in [5.74, 6) is 0.183. The number of amides is 1. The van der Waals surface area contributed by atoms with Crippen molar-refractivity contribution >= 4 is 11.6 Å². The average Bonchev–Trinajstić information content (AvgIpc) is 2.48. The second-order valence-corrected chi connectivity index (χ2v) is 5.32. The van der Waals surface area contributed by atoms with Gasteiger partial charge >= 0.3 is 0 Å². The molecule has 2 rings (SSSR count). The van der Waals surface area contributed by atoms with Gasteiger partial charge in [0.05, 0.1) is 6.04 Å². The molecule has 1 aromatic carbocycles. The zero-order valence-corrected chi connectivity index (χ0v) is 12.0. The van der Waals surface area contributed by atoms with Crippen LogP contribution in [0.4, 0.5) is 5.69 Å². The van der Waals surface area contributed by atoms with Crippen LogP contribution in [0.3, 0.4) is 0 Å². The summed E-state index contributed by atoms with van der Waals surface area (Å²) < 4.78 is 0. The summed E-state index contributed by atoms with van der Waals surface area (Å²) in [6, 6.07) is 8.33. The van der Waals surface area contributed by atoms with E-state index in [9.17, 15) is 4.79 Å². The Bertz CT molecular complexity index is 407. The lowest BCUT2D eigenvalue weighted by Crippen LogP contribution is -2.47. The van der Waals surface area contributed by atoms with Gasteiger partial charge < -0.3 is 10.2 Å². The summed E-state index contributed by atoms with van der Waals surface area (Å²) in [6.07, 6.45) is 5.53. The third-order valence-corrected chi connectivity index (χ3v) is 3.80. The normalized spacial score (nSPS) is 19.2. The molecule has 1 aliphatic rings. The fraction of sp³-hybridized carbons (Fsp3) is 0.562. The highest BCUT2D eigenvalue weighted by atomic mass is 16.2. The molecule has 1 aliphatic heterocycles. The smallest absolute Gasteiger partial charge is 0.243 e. The molecular formula is C16H24N2O. The van der Waals surface area contributed by atoms with Crippen molar-refractivity contribution in [1.82, 2.24) is 5.32 Å². The number of carbonyl (C=O) groups excluding carboxylic acids is 1. The molecule has 1 unspecified atom stereocenters. The van der Waals surface area contributed by atoms with Crippen molar-refractivity contribution in [2.45, 2.75) is 45.1 Å². The summed E-state index contributed by atoms with van der Waals surface area (Å²) in [4.78, 5) is 14.1. The zero-order chi connectivity index (χ0) is 13.7. The molecule has 1 saturated heterocycles. The number of hydrogen-bond donors (Lipinski definition) is 1. The van der Waals surface area contributed by atoms with Crippen LogP contribution in [0.25, 0.3) is 0 Å². The van der Waals surface area contributed by atoms with E-state index >= 15 is 0 Å². The van der Waals surface area contributed by atoms with Crippen molar-refractivity contribution in [3.05, 3.63) is 29.8 Å². The van der Waals surface area contributed by atoms with Gasteiger partial charge in [0.2, 0.25) is 5.91 Å². The molecule has 1 N–H and O–H groups in total. The van der Waals surface area contributed by atoms with E-state index in [1.807, 2.05) is 19.2 Å². The molecule has 1 atom stereocenters. The van der Waals surface area contributed by atoms with Crippen molar-refractivity contribution in [2.24, 2.45) is 0 Å². The van der Waals surface area contributed by atoms with Crippen LogP contribution in [0.15, 0.2) is 24.3 Å². The third kappa shape index (κ3) is 3.57. The van der Waals surface area contributed by atoms with E-state index in [1.54, 1.807) is 4.90 Å². The number of piperidine rings is 1. The third-order valence-electron chi connectivity index (χ3n) is 3.80. The minimum atomic E-state index is -0.00549. The molecule has 0 spiro atoms. The molecule has 0 bridgehead atoms. The maximum absolute atomic E-state index is 12.4. The molecule has 19 heavy (non-hydrogen) atoms. The van der Waals surface area contributed by atoms with Crippen LogP contribution in [-0.4, -0.2) is 25.5 Å². The Hall–Kier alpha value is -1.35. The molecule has 3 heteroatoms. The first-order valence-electron chi connectivity index (χ1n) is 7.32. The Morgan fingerprint density at radius 3 is 2.63 bits per heavy atom. The Kier molecular flexibility index (Phi) is 4.97. The Morgan fingerprint density at radius 1 is 1.32 bits per heavy atom. The van der Waals surface area contributed by atoms with Gasteiger partial charge in [-0.2, -0.15) is 0 Å². The summed E-state index contributed by atoms with van der Waals surface area (Å²) >= 11 is 0. The quantitative estimate of drug-likeness (QED) is 0.903. The predicted octanol–water partition coefficient (Wildman–Crippen LogP) is 2.74. The van der Waals surface area contributed by atoms with Gasteiger partial charge in [-0.25, -0.2) is 0 Å². The number of anilines is 1. The van der Waals surface area contributed by atoms with Gasteiger partial charge in [-0.15, -0.1) is 0 Å². The molecule has 3 nitrogen and oxygen atoms in total. The molecule has 1 fully saturated rings. The first-order valence-corrected chi connectivity index (χ1v) is 7.32. The molecule has 0 saturated carbocycles. The van der Waals surface area contributed by atoms with Crippen molar-refractivity contribution in [3.8, 4) is 0 Å². The van der Waals surface area contributed by atoms with Crippen molar-refractivity contribution in [1.29, 1.82) is 0 Å². The zero-order valence-electron chi connectivity index (χ0n) is 12.0. The number of rotatable bonds is 4. The standard InChI is InChI=1S/C16H24N2O/c1-3-6-13-8-10-14(11-9-13)18(2)16(19)15-7-4-5-12-17-15/h8-11,15,17H,3-7,12H2,1-2H3. The fourth-order valence-electron chi connectivity index (χ4n) is 2.60. The van der Waals surface area contributed by atoms with Crippen LogP contribution in [0.5, 0.6) is 0 Å². The second-order valence-electron chi connectivity index (χ2n) is 5.32. The van der Waals surface area contributed by atoms with E-state index < -0.39 is 0 Å². The van der Waals surface area contributed by atoms with Gasteiger partial charge in [-0.3, -0.25) is 4.79 Å². The van der Waals surface area contributed by atoms with E-state index in [0.29, 0.717) is 0 Å². The molecule has 1 heterocycles. The van der Waals surface area contributed by atoms with Crippen LogP contribution in [-0.2, 0) is 11.2 Å². The Balaban J connectivity index is 2.01. The topological polar surface area (TPSA) is 32.3 Å².